The van der Waals surface area contributed by atoms with E-state index in [1.54, 1.807) is 0 Å². The Kier molecular flexibility index (Phi) is 13.1. The van der Waals surface area contributed by atoms with Gasteiger partial charge in [0, 0.05) is 106 Å². The maximum atomic E-state index is 2.44. The maximum Gasteiger partial charge on any atom is 0.0541 e. The van der Waals surface area contributed by atoms with Crippen LogP contribution in [-0.2, 0) is 0 Å². The van der Waals surface area contributed by atoms with Gasteiger partial charge in [0.15, 0.2) is 0 Å². The molecule has 4 nitrogen and oxygen atoms in total. The van der Waals surface area contributed by atoms with Crippen molar-refractivity contribution in [3.63, 3.8) is 0 Å². The zero-order valence-electron chi connectivity index (χ0n) is 56.2. The molecule has 6 heterocycles. The Bertz CT molecular complexity index is 7500. The number of rotatable bonds is 7. The van der Waals surface area contributed by atoms with Crippen LogP contribution in [0.15, 0.2) is 364 Å². The number of nitrogens with zero attached hydrogens (tertiary/aromatic N) is 4. The molecule has 0 radical (unpaired) electrons. The van der Waals surface area contributed by atoms with Crippen molar-refractivity contribution in [3.8, 4) is 56.1 Å². The van der Waals surface area contributed by atoms with E-state index in [0.29, 0.717) is 0 Å². The number of para-hydroxylation sites is 4. The lowest BCUT2D eigenvalue weighted by atomic mass is 10.0. The van der Waals surface area contributed by atoms with E-state index in [-0.39, 0.29) is 0 Å². The second kappa shape index (κ2) is 23.2. The molecule has 0 saturated carbocycles. The summed E-state index contributed by atoms with van der Waals surface area (Å²) in [6, 6.07) is 134. The highest BCUT2D eigenvalue weighted by Crippen LogP contribution is 2.45. The van der Waals surface area contributed by atoms with Gasteiger partial charge in [-0.05, 0) is 201 Å². The van der Waals surface area contributed by atoms with E-state index in [2.05, 4.69) is 382 Å². The lowest BCUT2D eigenvalue weighted by molar-refractivity contribution is 1.19. The van der Waals surface area contributed by atoms with Crippen LogP contribution in [0.1, 0.15) is 0 Å². The highest BCUT2D eigenvalue weighted by Gasteiger charge is 2.21. The number of thiophene rings is 2. The summed E-state index contributed by atoms with van der Waals surface area (Å²) in [6.45, 7) is 0. The molecule has 6 heteroatoms. The molecule has 104 heavy (non-hydrogen) atoms. The summed E-state index contributed by atoms with van der Waals surface area (Å²) < 4.78 is 15.0. The third kappa shape index (κ3) is 9.22. The van der Waals surface area contributed by atoms with Gasteiger partial charge >= 0.3 is 0 Å². The van der Waals surface area contributed by atoms with Gasteiger partial charge in [-0.3, -0.25) is 0 Å². The smallest absolute Gasteiger partial charge is 0.0541 e. The van der Waals surface area contributed by atoms with Crippen molar-refractivity contribution in [2.75, 3.05) is 0 Å². The van der Waals surface area contributed by atoms with E-state index in [0.717, 1.165) is 0 Å². The van der Waals surface area contributed by atoms with Crippen LogP contribution in [0.4, 0.5) is 0 Å². The fraction of sp³-hybridized carbons (Fsp3) is 0. The summed E-state index contributed by atoms with van der Waals surface area (Å²) in [7, 11) is 0. The molecular weight excluding hydrogens is 1300 g/mol. The first kappa shape index (κ1) is 58.7. The molecule has 0 atom stereocenters. The fourth-order valence-corrected chi connectivity index (χ4v) is 19.1. The second-order valence-electron chi connectivity index (χ2n) is 27.5. The molecule has 6 aromatic heterocycles. The predicted octanol–water partition coefficient (Wildman–Crippen LogP) is 27.8. The van der Waals surface area contributed by atoms with Crippen LogP contribution in [0, 0.1) is 0 Å². The van der Waals surface area contributed by atoms with Gasteiger partial charge in [0.25, 0.3) is 0 Å². The van der Waals surface area contributed by atoms with Gasteiger partial charge < -0.3 is 18.3 Å². The quantitative estimate of drug-likeness (QED) is 0.152. The van der Waals surface area contributed by atoms with Crippen LogP contribution in [0.2, 0.25) is 0 Å². The minimum Gasteiger partial charge on any atom is -0.309 e. The first-order chi connectivity index (χ1) is 51.5. The third-order valence-corrected chi connectivity index (χ3v) is 24.1. The Morgan fingerprint density at radius 2 is 0.442 bits per heavy atom. The first-order valence-corrected chi connectivity index (χ1v) is 37.2. The van der Waals surface area contributed by atoms with Crippen LogP contribution < -0.4 is 0 Å². The van der Waals surface area contributed by atoms with Crippen molar-refractivity contribution < 1.29 is 0 Å². The molecule has 0 spiro atoms. The van der Waals surface area contributed by atoms with Crippen molar-refractivity contribution in [1.82, 2.24) is 18.3 Å². The molecule has 0 unspecified atom stereocenters. The molecule has 0 N–H and O–H groups in total. The lowest BCUT2D eigenvalue weighted by Gasteiger charge is -2.10. The lowest BCUT2D eigenvalue weighted by Crippen LogP contribution is -1.94. The number of hydrogen-bond acceptors (Lipinski definition) is 2. The monoisotopic (exact) mass is 1360 g/mol. The maximum absolute atomic E-state index is 2.44. The Balaban J connectivity index is 0.000000132. The van der Waals surface area contributed by atoms with Gasteiger partial charge in [0.2, 0.25) is 0 Å². The molecule has 0 amide bonds. The number of fused-ring (bicyclic) bond motifs is 20. The van der Waals surface area contributed by atoms with Crippen LogP contribution in [-0.4, -0.2) is 18.3 Å². The van der Waals surface area contributed by atoms with E-state index in [4.69, 9.17) is 0 Å². The van der Waals surface area contributed by atoms with E-state index in [1.165, 1.54) is 205 Å². The Morgan fingerprint density at radius 1 is 0.144 bits per heavy atom. The second-order valence-corrected chi connectivity index (χ2v) is 29.7. The van der Waals surface area contributed by atoms with Crippen molar-refractivity contribution in [1.29, 1.82) is 0 Å². The Morgan fingerprint density at radius 3 is 0.923 bits per heavy atom. The highest BCUT2D eigenvalue weighted by molar-refractivity contribution is 7.26. The number of hydrogen-bond donors (Lipinski definition) is 0. The highest BCUT2D eigenvalue weighted by atomic mass is 32.1. The average Bonchev–Trinajstić information content (AvgIpc) is 1.56. The topological polar surface area (TPSA) is 19.7 Å². The van der Waals surface area contributed by atoms with Crippen molar-refractivity contribution in [3.05, 3.63) is 364 Å². The molecule has 0 bridgehead atoms. The van der Waals surface area contributed by atoms with Gasteiger partial charge in [0.05, 0.1) is 44.1 Å². The minimum atomic E-state index is 1.18. The summed E-state index contributed by atoms with van der Waals surface area (Å²) in [6.07, 6.45) is 0. The van der Waals surface area contributed by atoms with Gasteiger partial charge in [-0.15, -0.1) is 22.7 Å². The van der Waals surface area contributed by atoms with Crippen LogP contribution >= 0.6 is 22.7 Å². The standard InChI is InChI=1S/C52H32N2S.C46H28N2S/c1-2-10-33(11-3-1)36-21-26-51-45(31-36)46-32-40(23-27-52(46)55-51)54-48-17-9-7-15-42(48)44-30-38(20-25-50(44)54)37-19-24-49-43(29-37)41-14-6-8-16-47(41)53(49)39-22-18-34-12-4-5-13-35(34)28-39;1-2-10-30-25-33(20-17-29(30)9-1)47-41-14-6-3-11-35(41)39-26-31(18-23-43(39)47)32-19-24-44-40(27-32)36-12-4-7-15-42(36)48(44)34-21-22-38-37-13-5-8-16-45(37)49-46(38)28-34/h1-32H;1-28H. The van der Waals surface area contributed by atoms with E-state index >= 15 is 0 Å². The van der Waals surface area contributed by atoms with Crippen LogP contribution in [0.25, 0.3) is 205 Å². The predicted molar refractivity (Wildman–Crippen MR) is 447 cm³/mol. The van der Waals surface area contributed by atoms with Crippen molar-refractivity contribution >= 4 is 172 Å². The first-order valence-electron chi connectivity index (χ1n) is 35.6. The normalized spacial score (nSPS) is 12.0. The summed E-state index contributed by atoms with van der Waals surface area (Å²) in [5, 5.41) is 20.4. The summed E-state index contributed by atoms with van der Waals surface area (Å²) in [4.78, 5) is 0. The van der Waals surface area contributed by atoms with E-state index < -0.39 is 0 Å². The molecule has 23 aromatic rings. The molecule has 0 aliphatic rings. The van der Waals surface area contributed by atoms with Crippen molar-refractivity contribution in [2.45, 2.75) is 0 Å². The zero-order valence-corrected chi connectivity index (χ0v) is 57.9. The molecular formula is C98H60N4S2. The molecule has 23 rings (SSSR count). The molecule has 0 aliphatic carbocycles. The Labute approximate surface area is 605 Å². The van der Waals surface area contributed by atoms with Gasteiger partial charge in [-0.2, -0.15) is 0 Å². The van der Waals surface area contributed by atoms with Gasteiger partial charge in [-0.25, -0.2) is 0 Å². The van der Waals surface area contributed by atoms with E-state index in [9.17, 15) is 0 Å². The van der Waals surface area contributed by atoms with Crippen LogP contribution in [0.5, 0.6) is 0 Å². The molecule has 17 aromatic carbocycles. The third-order valence-electron chi connectivity index (χ3n) is 21.8. The zero-order chi connectivity index (χ0) is 68.1. The largest absolute Gasteiger partial charge is 0.309 e. The minimum absolute atomic E-state index is 1.18. The van der Waals surface area contributed by atoms with E-state index in [1.807, 2.05) is 22.7 Å². The number of benzene rings is 17. The molecule has 0 aliphatic heterocycles. The average molecular weight is 1360 g/mol. The van der Waals surface area contributed by atoms with Crippen molar-refractivity contribution in [2.24, 2.45) is 0 Å². The SMILES string of the molecule is c1ccc(-c2ccc3sc4ccc(-n5c6ccccc6c6cc(-c7ccc8c(c7)c7ccccc7n8-c7ccc8ccccc8c7)ccc65)cc4c3c2)cc1.c1ccc2cc(-n3c4ccccc4c4cc(-c5ccc6c(c5)c5ccccc5n6-c5ccc6c(c5)sc5ccccc56)ccc43)ccc2c1. The van der Waals surface area contributed by atoms with Crippen LogP contribution in [0.3, 0.4) is 0 Å². The Hall–Kier alpha value is -13.1. The summed E-state index contributed by atoms with van der Waals surface area (Å²) in [5.74, 6) is 0. The van der Waals surface area contributed by atoms with Gasteiger partial charge in [0.1, 0.15) is 0 Å². The number of aromatic nitrogens is 4. The summed E-state index contributed by atoms with van der Waals surface area (Å²) in [5.41, 5.74) is 21.8. The fourth-order valence-electron chi connectivity index (χ4n) is 16.9. The van der Waals surface area contributed by atoms with Gasteiger partial charge in [-0.1, -0.05) is 218 Å². The molecule has 0 fully saturated rings. The molecule has 484 valence electrons. The summed E-state index contributed by atoms with van der Waals surface area (Å²) >= 11 is 3.74. The molecule has 0 saturated heterocycles.